The van der Waals surface area contributed by atoms with Crippen LogP contribution in [-0.2, 0) is 17.6 Å². The van der Waals surface area contributed by atoms with Gasteiger partial charge in [0.2, 0.25) is 0 Å². The molecule has 1 aromatic carbocycles. The second kappa shape index (κ2) is 8.98. The van der Waals surface area contributed by atoms with Crippen molar-refractivity contribution >= 4 is 5.91 Å². The second-order valence-corrected chi connectivity index (χ2v) is 7.95. The Bertz CT molecular complexity index is 619. The number of ether oxygens (including phenoxy) is 1. The van der Waals surface area contributed by atoms with Crippen molar-refractivity contribution in [2.24, 2.45) is 11.8 Å². The van der Waals surface area contributed by atoms with E-state index < -0.39 is 0 Å². The normalized spacial score (nSPS) is 22.7. The molecule has 0 radical (unpaired) electrons. The third-order valence-electron chi connectivity index (χ3n) is 5.76. The maximum absolute atomic E-state index is 13.1. The highest BCUT2D eigenvalue weighted by molar-refractivity contribution is 5.94. The number of benzene rings is 1. The monoisotopic (exact) mass is 360 g/mol. The number of amides is 1. The molecule has 1 N–H and O–H groups in total. The Morgan fingerprint density at radius 3 is 2.81 bits per heavy atom. The van der Waals surface area contributed by atoms with E-state index in [-0.39, 0.29) is 18.4 Å². The molecule has 1 fully saturated rings. The third-order valence-corrected chi connectivity index (χ3v) is 5.76. The average Bonchev–Trinajstić information content (AvgIpc) is 3.13. The van der Waals surface area contributed by atoms with Crippen LogP contribution in [0.15, 0.2) is 18.2 Å². The zero-order chi connectivity index (χ0) is 18.5. The first kappa shape index (κ1) is 19.3. The van der Waals surface area contributed by atoms with Crippen molar-refractivity contribution < 1.29 is 14.6 Å². The van der Waals surface area contributed by atoms with Gasteiger partial charge in [-0.25, -0.2) is 0 Å². The van der Waals surface area contributed by atoms with Crippen molar-refractivity contribution in [3.63, 3.8) is 0 Å². The van der Waals surface area contributed by atoms with Crippen LogP contribution in [-0.4, -0.2) is 74.4 Å². The van der Waals surface area contributed by atoms with Crippen LogP contribution in [0.1, 0.15) is 34.3 Å². The molecule has 1 amide bonds. The van der Waals surface area contributed by atoms with Crippen LogP contribution in [0.3, 0.4) is 0 Å². The summed E-state index contributed by atoms with van der Waals surface area (Å²) in [6.45, 7) is 4.09. The van der Waals surface area contributed by atoms with Gasteiger partial charge in [0, 0.05) is 45.5 Å². The molecule has 26 heavy (non-hydrogen) atoms. The van der Waals surface area contributed by atoms with E-state index in [2.05, 4.69) is 24.1 Å². The summed E-state index contributed by atoms with van der Waals surface area (Å²) < 4.78 is 5.15. The number of likely N-dealkylation sites (tertiary alicyclic amines) is 1. The van der Waals surface area contributed by atoms with Gasteiger partial charge in [-0.2, -0.15) is 0 Å². The molecule has 0 aromatic heterocycles. The summed E-state index contributed by atoms with van der Waals surface area (Å²) in [5, 5.41) is 9.71. The molecular weight excluding hydrogens is 328 g/mol. The highest BCUT2D eigenvalue weighted by Gasteiger charge is 2.31. The van der Waals surface area contributed by atoms with Gasteiger partial charge in [-0.15, -0.1) is 0 Å². The van der Waals surface area contributed by atoms with Gasteiger partial charge < -0.3 is 19.6 Å². The van der Waals surface area contributed by atoms with Gasteiger partial charge in [0.1, 0.15) is 0 Å². The lowest BCUT2D eigenvalue weighted by molar-refractivity contribution is 0.0450. The first-order valence-corrected chi connectivity index (χ1v) is 9.80. The van der Waals surface area contributed by atoms with Crippen LogP contribution in [0, 0.1) is 11.8 Å². The van der Waals surface area contributed by atoms with Crippen LogP contribution in [0.4, 0.5) is 0 Å². The molecule has 1 saturated heterocycles. The minimum atomic E-state index is 0.113. The van der Waals surface area contributed by atoms with Crippen LogP contribution in [0.5, 0.6) is 0 Å². The molecule has 1 aromatic rings. The number of rotatable bonds is 7. The number of hydrogen-bond donors (Lipinski definition) is 1. The molecule has 0 saturated carbocycles. The van der Waals surface area contributed by atoms with E-state index >= 15 is 0 Å². The summed E-state index contributed by atoms with van der Waals surface area (Å²) in [5.74, 6) is 0.673. The van der Waals surface area contributed by atoms with E-state index in [0.717, 1.165) is 44.5 Å². The number of methoxy groups -OCH3 is 1. The molecule has 1 aliphatic carbocycles. The van der Waals surface area contributed by atoms with Crippen LogP contribution < -0.4 is 0 Å². The van der Waals surface area contributed by atoms with E-state index in [1.54, 1.807) is 7.11 Å². The lowest BCUT2D eigenvalue weighted by Crippen LogP contribution is -2.47. The number of aryl methyl sites for hydroxylation is 2. The van der Waals surface area contributed by atoms with E-state index in [1.165, 1.54) is 17.5 Å². The maximum Gasteiger partial charge on any atom is 0.253 e. The van der Waals surface area contributed by atoms with E-state index in [4.69, 9.17) is 4.74 Å². The predicted octanol–water partition coefficient (Wildman–Crippen LogP) is 1.82. The summed E-state index contributed by atoms with van der Waals surface area (Å²) in [7, 11) is 3.81. The summed E-state index contributed by atoms with van der Waals surface area (Å²) in [5.41, 5.74) is 3.53. The third kappa shape index (κ3) is 4.64. The number of aliphatic hydroxyl groups is 1. The smallest absolute Gasteiger partial charge is 0.253 e. The fourth-order valence-corrected chi connectivity index (χ4v) is 4.42. The second-order valence-electron chi connectivity index (χ2n) is 7.95. The highest BCUT2D eigenvalue weighted by atomic mass is 16.5. The van der Waals surface area contributed by atoms with Gasteiger partial charge in [-0.1, -0.05) is 6.07 Å². The van der Waals surface area contributed by atoms with Crippen LogP contribution >= 0.6 is 0 Å². The fourth-order valence-electron chi connectivity index (χ4n) is 4.42. The largest absolute Gasteiger partial charge is 0.396 e. The molecule has 144 valence electrons. The predicted molar refractivity (Wildman–Crippen MR) is 102 cm³/mol. The number of piperidine rings is 1. The van der Waals surface area contributed by atoms with Crippen molar-refractivity contribution in [1.29, 1.82) is 0 Å². The average molecular weight is 360 g/mol. The molecule has 5 heteroatoms. The maximum atomic E-state index is 13.1. The van der Waals surface area contributed by atoms with Crippen molar-refractivity contribution in [1.82, 2.24) is 9.80 Å². The molecule has 5 nitrogen and oxygen atoms in total. The number of likely N-dealkylation sites (N-methyl/N-ethyl adjacent to an activating group) is 1. The van der Waals surface area contributed by atoms with Gasteiger partial charge in [0.25, 0.3) is 5.91 Å². The van der Waals surface area contributed by atoms with Crippen LogP contribution in [0.2, 0.25) is 0 Å². The van der Waals surface area contributed by atoms with E-state index in [9.17, 15) is 9.90 Å². The number of carbonyl (C=O) groups is 1. The van der Waals surface area contributed by atoms with E-state index in [1.807, 2.05) is 11.0 Å². The minimum absolute atomic E-state index is 0.113. The lowest BCUT2D eigenvalue weighted by Gasteiger charge is -2.38. The first-order chi connectivity index (χ1) is 12.6. The van der Waals surface area contributed by atoms with Crippen molar-refractivity contribution in [3.8, 4) is 0 Å². The molecule has 0 unspecified atom stereocenters. The van der Waals surface area contributed by atoms with Crippen molar-refractivity contribution in [2.75, 3.05) is 53.6 Å². The Labute approximate surface area is 156 Å². The number of fused-ring (bicyclic) bond motifs is 1. The van der Waals surface area contributed by atoms with Crippen molar-refractivity contribution in [2.45, 2.75) is 25.7 Å². The highest BCUT2D eigenvalue weighted by Crippen LogP contribution is 2.26. The number of nitrogens with zero attached hydrogens (tertiary/aromatic N) is 2. The summed E-state index contributed by atoms with van der Waals surface area (Å²) >= 11 is 0. The molecule has 2 aliphatic rings. The summed E-state index contributed by atoms with van der Waals surface area (Å²) in [6, 6.07) is 6.20. The standard InChI is InChI=1S/C21H32N2O3/c1-22(8-9-26-2)12-16-10-17(15-24)14-23(13-16)21(25)20-7-6-18-4-3-5-19(18)11-20/h6-7,11,16-17,24H,3-5,8-10,12-15H2,1-2H3/t16-,17+/m1/s1. The molecule has 0 bridgehead atoms. The summed E-state index contributed by atoms with van der Waals surface area (Å²) in [6.07, 6.45) is 4.39. The SMILES string of the molecule is COCCN(C)C[C@H]1C[C@H](CO)CN(C(=O)c2ccc3c(c2)CCC3)C1. The number of hydrogen-bond acceptors (Lipinski definition) is 4. The Morgan fingerprint density at radius 1 is 1.27 bits per heavy atom. The quantitative estimate of drug-likeness (QED) is 0.806. The van der Waals surface area contributed by atoms with Gasteiger partial charge in [-0.3, -0.25) is 4.79 Å². The molecule has 1 heterocycles. The van der Waals surface area contributed by atoms with Gasteiger partial charge in [0.15, 0.2) is 0 Å². The van der Waals surface area contributed by atoms with Gasteiger partial charge in [0.05, 0.1) is 6.61 Å². The zero-order valence-electron chi connectivity index (χ0n) is 16.1. The Hall–Kier alpha value is -1.43. The topological polar surface area (TPSA) is 53.0 Å². The molecule has 1 aliphatic heterocycles. The van der Waals surface area contributed by atoms with Crippen molar-refractivity contribution in [3.05, 3.63) is 34.9 Å². The van der Waals surface area contributed by atoms with Crippen LogP contribution in [0.25, 0.3) is 0 Å². The fraction of sp³-hybridized carbons (Fsp3) is 0.667. The Morgan fingerprint density at radius 2 is 2.04 bits per heavy atom. The molecular formula is C21H32N2O3. The zero-order valence-corrected chi connectivity index (χ0v) is 16.1. The lowest BCUT2D eigenvalue weighted by atomic mass is 9.88. The first-order valence-electron chi connectivity index (χ1n) is 9.80. The minimum Gasteiger partial charge on any atom is -0.396 e. The number of carbonyl (C=O) groups excluding carboxylic acids is 1. The summed E-state index contributed by atoms with van der Waals surface area (Å²) in [4.78, 5) is 17.3. The molecule has 0 spiro atoms. The number of aliphatic hydroxyl groups excluding tert-OH is 1. The molecule has 2 atom stereocenters. The van der Waals surface area contributed by atoms with Gasteiger partial charge >= 0.3 is 0 Å². The Kier molecular flexibility index (Phi) is 6.68. The Balaban J connectivity index is 1.66. The van der Waals surface area contributed by atoms with E-state index in [0.29, 0.717) is 19.1 Å². The van der Waals surface area contributed by atoms with Gasteiger partial charge in [-0.05, 0) is 67.8 Å². The molecule has 3 rings (SSSR count).